The SMILES string of the molecule is CC1[C@@H](CC=O)[C@H](n2cnc3c(N)ncnc32)O[C@@H]1COP(=O)(O)O[C@H]1C(C)[C@H](n2cnc3c(N)ncnc32)O[C@@H]1COPO. The summed E-state index contributed by atoms with van der Waals surface area (Å²) in [5.41, 5.74) is 13.4. The number of ether oxygens (including phenoxy) is 2. The van der Waals surface area contributed by atoms with E-state index < -0.39 is 53.5 Å². The molecule has 0 amide bonds. The van der Waals surface area contributed by atoms with Crippen molar-refractivity contribution in [3.8, 4) is 0 Å². The molecule has 6 heterocycles. The minimum Gasteiger partial charge on any atom is -0.382 e. The topological polar surface area (TPSA) is 260 Å². The normalized spacial score (nSPS) is 30.1. The van der Waals surface area contributed by atoms with Crippen LogP contribution in [-0.4, -0.2) is 86.6 Å². The van der Waals surface area contributed by atoms with Crippen molar-refractivity contribution >= 4 is 57.1 Å². The zero-order chi connectivity index (χ0) is 31.9. The van der Waals surface area contributed by atoms with Crippen LogP contribution in [0.2, 0.25) is 0 Å². The standard InChI is InChI=1S/C24H32N10O9P2/c1-11-13(3-4-35)24(34-10-32-17-20(26)28-8-30-22(17)34)41-14(11)6-40-45(37,38)43-18-12(2)23(42-15(18)5-39-44-36)33-9-31-16-19(25)27-7-29-21(16)33/h4,7-15,18,23-24,36,44H,3,5-6H2,1-2H3,(H,37,38)(H2,25,27,29)(H2,26,28,30)/t11?,12?,13-,14-,15-,18+,23-,24-/m1/s1. The van der Waals surface area contributed by atoms with Gasteiger partial charge in [-0.2, -0.15) is 0 Å². The predicted octanol–water partition coefficient (Wildman–Crippen LogP) is 1.12. The third-order valence-corrected chi connectivity index (χ3v) is 9.53. The second-order valence-corrected chi connectivity index (χ2v) is 12.7. The van der Waals surface area contributed by atoms with E-state index >= 15 is 0 Å². The van der Waals surface area contributed by atoms with Gasteiger partial charge < -0.3 is 40.0 Å². The van der Waals surface area contributed by atoms with Gasteiger partial charge in [-0.25, -0.2) is 34.5 Å². The van der Waals surface area contributed by atoms with E-state index in [2.05, 4.69) is 29.9 Å². The molecule has 0 bridgehead atoms. The van der Waals surface area contributed by atoms with Crippen LogP contribution in [-0.2, 0) is 32.4 Å². The number of phosphoric acid groups is 1. The van der Waals surface area contributed by atoms with E-state index in [0.29, 0.717) is 22.3 Å². The molecule has 21 heteroatoms. The van der Waals surface area contributed by atoms with Gasteiger partial charge in [-0.15, -0.1) is 0 Å². The average molecular weight is 667 g/mol. The third kappa shape index (κ3) is 6.03. The molecule has 4 aromatic rings. The summed E-state index contributed by atoms with van der Waals surface area (Å²) < 4.78 is 45.3. The fraction of sp³-hybridized carbons (Fsp3) is 0.542. The molecule has 0 aromatic carbocycles. The lowest BCUT2D eigenvalue weighted by molar-refractivity contribution is -0.109. The van der Waals surface area contributed by atoms with E-state index in [1.807, 2.05) is 6.92 Å². The van der Waals surface area contributed by atoms with Crippen molar-refractivity contribution in [1.82, 2.24) is 39.0 Å². The Hall–Kier alpha value is -3.25. The van der Waals surface area contributed by atoms with Gasteiger partial charge in [0.2, 0.25) is 0 Å². The summed E-state index contributed by atoms with van der Waals surface area (Å²) in [4.78, 5) is 56.7. The number of anilines is 2. The summed E-state index contributed by atoms with van der Waals surface area (Å²) in [5, 5.41) is 0. The Labute approximate surface area is 257 Å². The molecule has 2 saturated heterocycles. The summed E-state index contributed by atoms with van der Waals surface area (Å²) in [5.74, 6) is -0.747. The first-order valence-electron chi connectivity index (χ1n) is 13.9. The van der Waals surface area contributed by atoms with Crippen LogP contribution in [0.25, 0.3) is 22.3 Å². The fourth-order valence-corrected chi connectivity index (χ4v) is 7.20. The Morgan fingerprint density at radius 3 is 2.13 bits per heavy atom. The highest BCUT2D eigenvalue weighted by Gasteiger charge is 2.49. The minimum absolute atomic E-state index is 0.130. The average Bonchev–Trinajstić information content (AvgIpc) is 3.77. The number of nitrogens with zero attached hydrogens (tertiary/aromatic N) is 8. The zero-order valence-corrected chi connectivity index (χ0v) is 26.0. The van der Waals surface area contributed by atoms with Crippen molar-refractivity contribution in [3.63, 3.8) is 0 Å². The third-order valence-electron chi connectivity index (χ3n) is 8.25. The van der Waals surface area contributed by atoms with Gasteiger partial charge in [-0.1, -0.05) is 13.8 Å². The first-order chi connectivity index (χ1) is 21.6. The highest BCUT2D eigenvalue weighted by molar-refractivity contribution is 7.47. The van der Waals surface area contributed by atoms with Crippen molar-refractivity contribution in [2.75, 3.05) is 24.7 Å². The summed E-state index contributed by atoms with van der Waals surface area (Å²) in [6.45, 7) is 3.17. The molecule has 19 nitrogen and oxygen atoms in total. The van der Waals surface area contributed by atoms with Crippen LogP contribution in [0.5, 0.6) is 0 Å². The Kier molecular flexibility index (Phi) is 9.07. The zero-order valence-electron chi connectivity index (χ0n) is 24.1. The lowest BCUT2D eigenvalue weighted by atomic mass is 9.89. The number of hydrogen-bond donors (Lipinski definition) is 4. The Bertz CT molecular complexity index is 1730. The summed E-state index contributed by atoms with van der Waals surface area (Å²) in [6, 6.07) is 0. The molecule has 45 heavy (non-hydrogen) atoms. The lowest BCUT2D eigenvalue weighted by Crippen LogP contribution is -2.32. The first-order valence-corrected chi connectivity index (χ1v) is 16.3. The quantitative estimate of drug-likeness (QED) is 0.122. The fourth-order valence-electron chi connectivity index (χ4n) is 5.93. The molecule has 6 N–H and O–H groups in total. The molecule has 2 fully saturated rings. The first kappa shape index (κ1) is 31.7. The Morgan fingerprint density at radius 2 is 1.53 bits per heavy atom. The maximum atomic E-state index is 13.3. The van der Waals surface area contributed by atoms with Crippen molar-refractivity contribution in [2.45, 2.75) is 51.0 Å². The van der Waals surface area contributed by atoms with Crippen LogP contribution in [0.15, 0.2) is 25.3 Å². The number of carbonyl (C=O) groups excluding carboxylic acids is 1. The van der Waals surface area contributed by atoms with Crippen LogP contribution in [0.3, 0.4) is 0 Å². The van der Waals surface area contributed by atoms with E-state index in [1.165, 1.54) is 25.3 Å². The van der Waals surface area contributed by atoms with Gasteiger partial charge in [0.05, 0.1) is 32.0 Å². The smallest absolute Gasteiger partial charge is 0.382 e. The largest absolute Gasteiger partial charge is 0.472 e. The Balaban J connectivity index is 1.17. The molecule has 0 aliphatic carbocycles. The molecule has 6 rings (SSSR count). The molecule has 0 radical (unpaired) electrons. The second kappa shape index (κ2) is 12.9. The molecule has 4 unspecified atom stereocenters. The number of nitrogen functional groups attached to an aromatic ring is 2. The molecule has 242 valence electrons. The van der Waals surface area contributed by atoms with Crippen LogP contribution in [0.1, 0.15) is 32.7 Å². The number of aldehydes is 1. The molecule has 0 saturated carbocycles. The van der Waals surface area contributed by atoms with Crippen molar-refractivity contribution in [2.24, 2.45) is 17.8 Å². The van der Waals surface area contributed by atoms with Crippen molar-refractivity contribution < 1.29 is 42.2 Å². The van der Waals surface area contributed by atoms with Gasteiger partial charge in [0.1, 0.15) is 54.6 Å². The number of phosphoric ester groups is 1. The van der Waals surface area contributed by atoms with E-state index in [0.717, 1.165) is 6.29 Å². The Morgan fingerprint density at radius 1 is 0.933 bits per heavy atom. The maximum absolute atomic E-state index is 13.3. The molecule has 0 spiro atoms. The lowest BCUT2D eigenvalue weighted by Gasteiger charge is -2.25. The predicted molar refractivity (Wildman–Crippen MR) is 157 cm³/mol. The van der Waals surface area contributed by atoms with Crippen LogP contribution < -0.4 is 11.5 Å². The monoisotopic (exact) mass is 666 g/mol. The maximum Gasteiger partial charge on any atom is 0.472 e. The minimum atomic E-state index is -4.72. The van der Waals surface area contributed by atoms with Gasteiger partial charge >= 0.3 is 7.82 Å². The van der Waals surface area contributed by atoms with Gasteiger partial charge in [-0.05, 0) is 5.92 Å². The van der Waals surface area contributed by atoms with E-state index in [-0.39, 0.29) is 43.1 Å². The molecular formula is C24H32N10O9P2. The van der Waals surface area contributed by atoms with Gasteiger partial charge in [0.15, 0.2) is 32.0 Å². The highest BCUT2D eigenvalue weighted by Crippen LogP contribution is 2.52. The van der Waals surface area contributed by atoms with E-state index in [4.69, 9.17) is 34.5 Å². The van der Waals surface area contributed by atoms with E-state index in [1.54, 1.807) is 16.1 Å². The number of aromatic nitrogens is 8. The molecule has 2 aliphatic rings. The molecule has 4 aromatic heterocycles. The number of fused-ring (bicyclic) bond motifs is 2. The highest BCUT2D eigenvalue weighted by atomic mass is 31.2. The van der Waals surface area contributed by atoms with Gasteiger partial charge in [-0.3, -0.25) is 18.2 Å². The summed E-state index contributed by atoms with van der Waals surface area (Å²) >= 11 is 0. The van der Waals surface area contributed by atoms with Crippen molar-refractivity contribution in [3.05, 3.63) is 25.3 Å². The molecule has 10 atom stereocenters. The summed E-state index contributed by atoms with van der Waals surface area (Å²) in [7, 11) is -5.56. The summed E-state index contributed by atoms with van der Waals surface area (Å²) in [6.07, 6.45) is 2.56. The number of rotatable bonds is 12. The van der Waals surface area contributed by atoms with Crippen LogP contribution in [0.4, 0.5) is 11.6 Å². The number of hydrogen-bond acceptors (Lipinski definition) is 16. The van der Waals surface area contributed by atoms with Gasteiger partial charge in [0.25, 0.3) is 0 Å². The molecular weight excluding hydrogens is 634 g/mol. The van der Waals surface area contributed by atoms with E-state index in [9.17, 15) is 19.1 Å². The number of carbonyl (C=O) groups is 1. The van der Waals surface area contributed by atoms with Crippen LogP contribution in [0, 0.1) is 17.8 Å². The second-order valence-electron chi connectivity index (χ2n) is 10.8. The van der Waals surface area contributed by atoms with Crippen LogP contribution >= 0.6 is 16.9 Å². The van der Waals surface area contributed by atoms with Gasteiger partial charge in [0, 0.05) is 18.3 Å². The molecule has 2 aliphatic heterocycles. The number of nitrogens with two attached hydrogens (primary N) is 2. The van der Waals surface area contributed by atoms with Crippen molar-refractivity contribution in [1.29, 1.82) is 0 Å². The number of imidazole rings is 2.